The number of hydrogen-bond donors (Lipinski definition) is 2. The lowest BCUT2D eigenvalue weighted by molar-refractivity contribution is 0.0667. The second-order valence-corrected chi connectivity index (χ2v) is 13.7. The summed E-state index contributed by atoms with van der Waals surface area (Å²) in [7, 11) is 0. The molecule has 0 aliphatic carbocycles. The van der Waals surface area contributed by atoms with Gasteiger partial charge in [0, 0.05) is 0 Å². The summed E-state index contributed by atoms with van der Waals surface area (Å²) in [5.74, 6) is -4.88. The standard InChI is InChI=1S/C24H17F2NO3.C16H14F2O2.C8H5NO2/c1-15(14-27-23(28)18-9-5-6-10-19(18)24(27)29)11-16-12-20(25)22(21(26)13-16)30-17-7-3-2-4-8-17;1-11(10-19)7-12-8-14(17)16(15(18)9-12)20-13-5-3-2-4-6-13;10-7-5-3-1-2-4-6(5)8(11)9-7/h2-13H,14H2,1H3;2-9,19H,10H2,1H3;1-4H,(H,9,10,11)/b15-11+;11-7+;. The summed E-state index contributed by atoms with van der Waals surface area (Å²) >= 11 is 0. The first kappa shape index (κ1) is 43.0. The van der Waals surface area contributed by atoms with Gasteiger partial charge in [-0.2, -0.15) is 0 Å². The molecule has 6 aromatic carbocycles. The SMILES string of the molecule is C/C(=C\c1cc(F)c(Oc2ccccc2)c(F)c1)CN1C(=O)c2ccccc2C1=O.C/C(=C\c1cc(F)c(Oc2ccccc2)c(F)c1)CO.O=C1NC(=O)c2ccccc21. The average Bonchev–Trinajstić information content (AvgIpc) is 3.68. The summed E-state index contributed by atoms with van der Waals surface area (Å²) in [5, 5.41) is 11.1. The zero-order valence-electron chi connectivity index (χ0n) is 32.6. The fourth-order valence-corrected chi connectivity index (χ4v) is 6.14. The second kappa shape index (κ2) is 19.4. The second-order valence-electron chi connectivity index (χ2n) is 13.7. The number of aliphatic hydroxyl groups excluding tert-OH is 1. The van der Waals surface area contributed by atoms with Crippen LogP contribution in [-0.2, 0) is 0 Å². The molecule has 2 heterocycles. The van der Waals surface area contributed by atoms with Crippen molar-refractivity contribution in [2.24, 2.45) is 0 Å². The molecule has 2 aliphatic rings. The van der Waals surface area contributed by atoms with Crippen molar-refractivity contribution in [3.05, 3.63) is 201 Å². The maximum absolute atomic E-state index is 14.4. The highest BCUT2D eigenvalue weighted by atomic mass is 19.1. The lowest BCUT2D eigenvalue weighted by Gasteiger charge is -2.14. The van der Waals surface area contributed by atoms with Crippen LogP contribution in [0.25, 0.3) is 12.2 Å². The maximum atomic E-state index is 14.4. The summed E-state index contributed by atoms with van der Waals surface area (Å²) in [6, 6.07) is 34.8. The summed E-state index contributed by atoms with van der Waals surface area (Å²) < 4.78 is 67.2. The first-order valence-corrected chi connectivity index (χ1v) is 18.6. The van der Waals surface area contributed by atoms with Gasteiger partial charge in [0.05, 0.1) is 35.4 Å². The lowest BCUT2D eigenvalue weighted by atomic mass is 10.1. The fraction of sp³-hybridized carbons (Fsp3) is 0.0833. The number of imide groups is 2. The molecule has 0 radical (unpaired) electrons. The van der Waals surface area contributed by atoms with E-state index in [1.54, 1.807) is 123 Å². The van der Waals surface area contributed by atoms with E-state index in [9.17, 15) is 36.7 Å². The van der Waals surface area contributed by atoms with Gasteiger partial charge in [-0.15, -0.1) is 0 Å². The minimum atomic E-state index is -0.848. The molecule has 2 N–H and O–H groups in total. The van der Waals surface area contributed by atoms with Crippen LogP contribution in [0.2, 0.25) is 0 Å². The van der Waals surface area contributed by atoms with Crippen LogP contribution in [0.15, 0.2) is 145 Å². The van der Waals surface area contributed by atoms with Crippen molar-refractivity contribution >= 4 is 35.8 Å². The Hall–Kier alpha value is -7.64. The van der Waals surface area contributed by atoms with Gasteiger partial charge in [0.15, 0.2) is 34.8 Å². The number of nitrogens with zero attached hydrogens (tertiary/aromatic N) is 1. The highest BCUT2D eigenvalue weighted by Gasteiger charge is 2.35. The van der Waals surface area contributed by atoms with E-state index in [4.69, 9.17) is 14.6 Å². The van der Waals surface area contributed by atoms with Crippen molar-refractivity contribution < 1.29 is 51.3 Å². The number of carbonyl (C=O) groups excluding carboxylic acids is 4. The minimum Gasteiger partial charge on any atom is -0.451 e. The van der Waals surface area contributed by atoms with Crippen molar-refractivity contribution in [3.8, 4) is 23.0 Å². The smallest absolute Gasteiger partial charge is 0.261 e. The summed E-state index contributed by atoms with van der Waals surface area (Å²) in [6.45, 7) is 3.22. The largest absolute Gasteiger partial charge is 0.451 e. The Labute approximate surface area is 347 Å². The molecule has 0 aromatic heterocycles. The molecule has 61 heavy (non-hydrogen) atoms. The van der Waals surface area contributed by atoms with Gasteiger partial charge in [0.25, 0.3) is 23.6 Å². The Bertz CT molecular complexity index is 2570. The van der Waals surface area contributed by atoms with Crippen LogP contribution in [0.5, 0.6) is 23.0 Å². The zero-order valence-corrected chi connectivity index (χ0v) is 32.6. The Balaban J connectivity index is 0.000000171. The number of halogens is 4. The fourth-order valence-electron chi connectivity index (χ4n) is 6.14. The molecule has 2 aliphatic heterocycles. The van der Waals surface area contributed by atoms with Crippen LogP contribution in [0.4, 0.5) is 17.6 Å². The first-order valence-electron chi connectivity index (χ1n) is 18.6. The van der Waals surface area contributed by atoms with Gasteiger partial charge < -0.3 is 14.6 Å². The van der Waals surface area contributed by atoms with Crippen molar-refractivity contribution in [3.63, 3.8) is 0 Å². The van der Waals surface area contributed by atoms with E-state index in [0.717, 1.165) is 17.0 Å². The van der Waals surface area contributed by atoms with E-state index in [-0.39, 0.29) is 42.3 Å². The molecule has 0 saturated carbocycles. The number of benzene rings is 6. The Morgan fingerprint density at radius 3 is 1.26 bits per heavy atom. The predicted molar refractivity (Wildman–Crippen MR) is 220 cm³/mol. The van der Waals surface area contributed by atoms with Gasteiger partial charge in [0.2, 0.25) is 0 Å². The predicted octanol–water partition coefficient (Wildman–Crippen LogP) is 10.2. The van der Waals surface area contributed by atoms with E-state index >= 15 is 0 Å². The summed E-state index contributed by atoms with van der Waals surface area (Å²) in [6.07, 6.45) is 3.04. The molecule has 13 heteroatoms. The van der Waals surface area contributed by atoms with Gasteiger partial charge >= 0.3 is 0 Å². The van der Waals surface area contributed by atoms with Gasteiger partial charge in [-0.3, -0.25) is 29.4 Å². The Morgan fingerprint density at radius 1 is 0.541 bits per heavy atom. The molecular weight excluding hydrogens is 793 g/mol. The quantitative estimate of drug-likeness (QED) is 0.110. The lowest BCUT2D eigenvalue weighted by Crippen LogP contribution is -2.31. The number of amides is 4. The number of carbonyl (C=O) groups is 4. The maximum Gasteiger partial charge on any atom is 0.261 e. The third-order valence-corrected chi connectivity index (χ3v) is 8.97. The van der Waals surface area contributed by atoms with E-state index in [1.165, 1.54) is 24.3 Å². The van der Waals surface area contributed by atoms with E-state index in [2.05, 4.69) is 5.32 Å². The number of nitrogens with one attached hydrogen (secondary N) is 1. The van der Waals surface area contributed by atoms with E-state index in [0.29, 0.717) is 50.5 Å². The normalized spacial score (nSPS) is 13.1. The Morgan fingerprint density at radius 2 is 0.885 bits per heavy atom. The van der Waals surface area contributed by atoms with Crippen LogP contribution in [0.3, 0.4) is 0 Å². The van der Waals surface area contributed by atoms with E-state index in [1.807, 2.05) is 0 Å². The molecule has 9 nitrogen and oxygen atoms in total. The molecule has 0 atom stereocenters. The van der Waals surface area contributed by atoms with Crippen LogP contribution in [-0.4, -0.2) is 46.8 Å². The molecule has 4 amide bonds. The number of hydrogen-bond acceptors (Lipinski definition) is 7. The van der Waals surface area contributed by atoms with Crippen LogP contribution >= 0.6 is 0 Å². The summed E-state index contributed by atoms with van der Waals surface area (Å²) in [4.78, 5) is 47.9. The summed E-state index contributed by atoms with van der Waals surface area (Å²) in [5.41, 5.74) is 3.46. The molecule has 6 aromatic rings. The van der Waals surface area contributed by atoms with Gasteiger partial charge in [-0.25, -0.2) is 17.6 Å². The number of aliphatic hydroxyl groups is 1. The molecule has 0 spiro atoms. The molecule has 308 valence electrons. The topological polar surface area (TPSA) is 122 Å². The highest BCUT2D eigenvalue weighted by molar-refractivity contribution is 6.22. The molecule has 0 fully saturated rings. The number of ether oxygens (including phenoxy) is 2. The van der Waals surface area contributed by atoms with Crippen LogP contribution in [0, 0.1) is 23.3 Å². The van der Waals surface area contributed by atoms with E-state index < -0.39 is 34.8 Å². The highest BCUT2D eigenvalue weighted by Crippen LogP contribution is 2.31. The number of fused-ring (bicyclic) bond motifs is 2. The van der Waals surface area contributed by atoms with Crippen molar-refractivity contribution in [1.29, 1.82) is 0 Å². The monoisotopic (exact) mass is 828 g/mol. The van der Waals surface area contributed by atoms with Crippen LogP contribution < -0.4 is 14.8 Å². The van der Waals surface area contributed by atoms with Gasteiger partial charge in [0.1, 0.15) is 11.5 Å². The van der Waals surface area contributed by atoms with Crippen molar-refractivity contribution in [2.45, 2.75) is 13.8 Å². The van der Waals surface area contributed by atoms with Crippen LogP contribution in [0.1, 0.15) is 66.4 Å². The molecule has 8 rings (SSSR count). The Kier molecular flexibility index (Phi) is 13.7. The van der Waals surface area contributed by atoms with Gasteiger partial charge in [-0.1, -0.05) is 78.4 Å². The van der Waals surface area contributed by atoms with Crippen molar-refractivity contribution in [1.82, 2.24) is 10.2 Å². The minimum absolute atomic E-state index is 0.0256. The number of para-hydroxylation sites is 2. The first-order chi connectivity index (χ1) is 29.3. The van der Waals surface area contributed by atoms with Crippen molar-refractivity contribution in [2.75, 3.05) is 13.2 Å². The zero-order chi connectivity index (χ0) is 43.6. The average molecular weight is 829 g/mol. The van der Waals surface area contributed by atoms with Gasteiger partial charge in [-0.05, 0) is 103 Å². The third-order valence-electron chi connectivity index (χ3n) is 8.97. The molecular formula is C48H36F4N2O7. The third kappa shape index (κ3) is 10.5. The molecule has 0 bridgehead atoms. The molecule has 0 unspecified atom stereocenters. The molecule has 0 saturated heterocycles. The number of rotatable bonds is 9.